The molecule has 7 nitrogen and oxygen atoms in total. The second-order valence-corrected chi connectivity index (χ2v) is 12.3. The van der Waals surface area contributed by atoms with Crippen molar-refractivity contribution in [3.05, 3.63) is 122 Å². The van der Waals surface area contributed by atoms with Crippen LogP contribution in [-0.2, 0) is 16.1 Å². The first-order valence-corrected chi connectivity index (χ1v) is 15.9. The number of fused-ring (bicyclic) bond motifs is 1. The fraction of sp³-hybridized carbons (Fsp3) is 0.219. The van der Waals surface area contributed by atoms with Crippen LogP contribution in [0.2, 0.25) is 20.1 Å². The van der Waals surface area contributed by atoms with Gasteiger partial charge in [-0.25, -0.2) is 9.79 Å². The lowest BCUT2D eigenvalue weighted by Gasteiger charge is -2.24. The van der Waals surface area contributed by atoms with Gasteiger partial charge in [0.05, 0.1) is 50.1 Å². The molecule has 5 rings (SSSR count). The van der Waals surface area contributed by atoms with Crippen molar-refractivity contribution >= 4 is 69.8 Å². The summed E-state index contributed by atoms with van der Waals surface area (Å²) in [4.78, 5) is 32.3. The number of benzene rings is 3. The number of aromatic nitrogens is 1. The quantitative estimate of drug-likeness (QED) is 0.171. The third kappa shape index (κ3) is 6.70. The molecule has 228 valence electrons. The molecule has 0 radical (unpaired) electrons. The summed E-state index contributed by atoms with van der Waals surface area (Å²) in [5.74, 6) is 0.467. The van der Waals surface area contributed by atoms with Gasteiger partial charge in [0.2, 0.25) is 0 Å². The van der Waals surface area contributed by atoms with Crippen molar-refractivity contribution in [2.75, 3.05) is 13.2 Å². The minimum Gasteiger partial charge on any atom is -0.494 e. The molecule has 0 aliphatic carbocycles. The molecule has 1 atom stereocenters. The van der Waals surface area contributed by atoms with Crippen LogP contribution in [0.3, 0.4) is 0 Å². The molecule has 2 heterocycles. The van der Waals surface area contributed by atoms with E-state index in [4.69, 9.17) is 60.6 Å². The minimum atomic E-state index is -0.767. The first kappa shape index (κ1) is 32.1. The Morgan fingerprint density at radius 3 is 2.39 bits per heavy atom. The number of carbonyl (C=O) groups excluding carboxylic acids is 1. The number of ether oxygens (including phenoxy) is 3. The summed E-state index contributed by atoms with van der Waals surface area (Å²) in [5.41, 5.74) is 2.36. The van der Waals surface area contributed by atoms with Crippen LogP contribution in [-0.4, -0.2) is 23.8 Å². The van der Waals surface area contributed by atoms with Gasteiger partial charge in [0.25, 0.3) is 5.56 Å². The maximum atomic E-state index is 14.1. The Hall–Kier alpha value is -3.27. The number of nitrogens with zero attached hydrogens (tertiary/aromatic N) is 2. The van der Waals surface area contributed by atoms with Gasteiger partial charge in [0, 0.05) is 10.6 Å². The molecule has 44 heavy (non-hydrogen) atoms. The lowest BCUT2D eigenvalue weighted by atomic mass is 9.96. The van der Waals surface area contributed by atoms with Gasteiger partial charge >= 0.3 is 5.97 Å². The number of halogens is 4. The molecule has 0 bridgehead atoms. The number of hydrogen-bond donors (Lipinski definition) is 0. The van der Waals surface area contributed by atoms with E-state index >= 15 is 0 Å². The molecule has 0 spiro atoms. The molecular formula is C32H26Cl4N2O5S. The Kier molecular flexibility index (Phi) is 10.1. The number of esters is 1. The van der Waals surface area contributed by atoms with Crippen molar-refractivity contribution in [1.29, 1.82) is 0 Å². The lowest BCUT2D eigenvalue weighted by Crippen LogP contribution is -2.39. The van der Waals surface area contributed by atoms with Crippen LogP contribution in [0.1, 0.15) is 43.5 Å². The Morgan fingerprint density at radius 1 is 0.955 bits per heavy atom. The lowest BCUT2D eigenvalue weighted by molar-refractivity contribution is -0.139. The van der Waals surface area contributed by atoms with Gasteiger partial charge in [-0.15, -0.1) is 0 Å². The van der Waals surface area contributed by atoms with Crippen molar-refractivity contribution in [2.24, 2.45) is 4.99 Å². The molecule has 1 aliphatic rings. The second kappa shape index (κ2) is 13.8. The molecule has 0 unspecified atom stereocenters. The third-order valence-corrected chi connectivity index (χ3v) is 8.94. The first-order valence-electron chi connectivity index (χ1n) is 13.6. The van der Waals surface area contributed by atoms with E-state index in [1.807, 2.05) is 19.1 Å². The fourth-order valence-corrected chi connectivity index (χ4v) is 6.71. The largest absolute Gasteiger partial charge is 0.494 e. The smallest absolute Gasteiger partial charge is 0.338 e. The predicted molar refractivity (Wildman–Crippen MR) is 175 cm³/mol. The molecule has 3 aromatic carbocycles. The van der Waals surface area contributed by atoms with E-state index in [2.05, 4.69) is 4.99 Å². The van der Waals surface area contributed by atoms with Gasteiger partial charge in [0.1, 0.15) is 18.1 Å². The van der Waals surface area contributed by atoms with E-state index in [1.165, 1.54) is 15.9 Å². The molecule has 0 saturated heterocycles. The molecule has 1 aromatic heterocycles. The van der Waals surface area contributed by atoms with Gasteiger partial charge in [-0.05, 0) is 74.4 Å². The maximum Gasteiger partial charge on any atom is 0.338 e. The molecule has 0 N–H and O–H groups in total. The average molecular weight is 692 g/mol. The monoisotopic (exact) mass is 690 g/mol. The van der Waals surface area contributed by atoms with E-state index in [0.29, 0.717) is 59.3 Å². The van der Waals surface area contributed by atoms with Gasteiger partial charge < -0.3 is 14.2 Å². The van der Waals surface area contributed by atoms with Crippen molar-refractivity contribution in [1.82, 2.24) is 4.57 Å². The number of allylic oxidation sites excluding steroid dienone is 1. The van der Waals surface area contributed by atoms with Crippen LogP contribution in [0, 0.1) is 0 Å². The summed E-state index contributed by atoms with van der Waals surface area (Å²) >= 11 is 26.3. The highest BCUT2D eigenvalue weighted by molar-refractivity contribution is 7.07. The molecular weight excluding hydrogens is 666 g/mol. The highest BCUT2D eigenvalue weighted by Crippen LogP contribution is 2.35. The number of thiazole rings is 1. The Balaban J connectivity index is 1.62. The zero-order valence-corrected chi connectivity index (χ0v) is 27.7. The number of hydrogen-bond acceptors (Lipinski definition) is 7. The van der Waals surface area contributed by atoms with Gasteiger partial charge in [-0.3, -0.25) is 9.36 Å². The summed E-state index contributed by atoms with van der Waals surface area (Å²) in [5, 5.41) is 1.46. The van der Waals surface area contributed by atoms with Crippen molar-refractivity contribution in [3.8, 4) is 11.5 Å². The van der Waals surface area contributed by atoms with Crippen LogP contribution >= 0.6 is 57.7 Å². The van der Waals surface area contributed by atoms with Crippen LogP contribution in [0.25, 0.3) is 6.08 Å². The molecule has 4 aromatic rings. The topological polar surface area (TPSA) is 79.1 Å². The maximum absolute atomic E-state index is 14.1. The van der Waals surface area contributed by atoms with Gasteiger partial charge in [0.15, 0.2) is 4.80 Å². The van der Waals surface area contributed by atoms with E-state index in [0.717, 1.165) is 5.56 Å². The van der Waals surface area contributed by atoms with E-state index in [-0.39, 0.29) is 29.4 Å². The highest BCUT2D eigenvalue weighted by atomic mass is 35.5. The zero-order chi connectivity index (χ0) is 31.5. The Bertz CT molecular complexity index is 1950. The average Bonchev–Trinajstić information content (AvgIpc) is 3.28. The molecule has 0 fully saturated rings. The third-order valence-electron chi connectivity index (χ3n) is 6.71. The fourth-order valence-electron chi connectivity index (χ4n) is 4.79. The SMILES string of the molecule is CCOC(=O)C1=C(C)N=c2s/c(=C\c3cc(Cl)cc(Cl)c3OCc3ccc(Cl)c(Cl)c3)c(=O)n2[C@H]1c1ccc(OCC)cc1. The summed E-state index contributed by atoms with van der Waals surface area (Å²) < 4.78 is 18.9. The number of rotatable bonds is 9. The van der Waals surface area contributed by atoms with Crippen molar-refractivity contribution in [2.45, 2.75) is 33.4 Å². The molecule has 0 amide bonds. The first-order chi connectivity index (χ1) is 21.1. The number of carbonyl (C=O) groups is 1. The van der Waals surface area contributed by atoms with Crippen molar-refractivity contribution in [3.63, 3.8) is 0 Å². The normalized spacial score (nSPS) is 14.7. The summed E-state index contributed by atoms with van der Waals surface area (Å²) in [6.45, 7) is 6.18. The highest BCUT2D eigenvalue weighted by Gasteiger charge is 2.33. The van der Waals surface area contributed by atoms with E-state index < -0.39 is 12.0 Å². The van der Waals surface area contributed by atoms with Crippen LogP contribution in [0.15, 0.2) is 75.7 Å². The van der Waals surface area contributed by atoms with Crippen molar-refractivity contribution < 1.29 is 19.0 Å². The molecule has 12 heteroatoms. The predicted octanol–water partition coefficient (Wildman–Crippen LogP) is 7.39. The van der Waals surface area contributed by atoms with Crippen LogP contribution in [0.5, 0.6) is 11.5 Å². The Labute approximate surface area is 277 Å². The summed E-state index contributed by atoms with van der Waals surface area (Å²) in [7, 11) is 0. The van der Waals surface area contributed by atoms with Crippen LogP contribution < -0.4 is 24.4 Å². The molecule has 0 saturated carbocycles. The second-order valence-electron chi connectivity index (χ2n) is 9.65. The minimum absolute atomic E-state index is 0.139. The summed E-state index contributed by atoms with van der Waals surface area (Å²) in [6.07, 6.45) is 1.66. The Morgan fingerprint density at radius 2 is 1.70 bits per heavy atom. The standard InChI is InChI=1S/C32H26Cl4N2O5S/c1-4-41-22-9-7-19(8-10-22)28-27(31(40)42-5-2)17(3)37-32-38(28)30(39)26(44-32)14-20-13-21(33)15-25(36)29(20)43-16-18-6-11-23(34)24(35)12-18/h6-15,28H,4-5,16H2,1-3H3/b26-14-/t28-/m0/s1. The van der Waals surface area contributed by atoms with E-state index in [1.54, 1.807) is 62.4 Å². The van der Waals surface area contributed by atoms with Gasteiger partial charge in [-0.2, -0.15) is 0 Å². The van der Waals surface area contributed by atoms with Crippen LogP contribution in [0.4, 0.5) is 0 Å². The zero-order valence-electron chi connectivity index (χ0n) is 23.8. The van der Waals surface area contributed by atoms with Gasteiger partial charge in [-0.1, -0.05) is 75.9 Å². The molecule has 1 aliphatic heterocycles. The summed E-state index contributed by atoms with van der Waals surface area (Å²) in [6, 6.07) is 14.9. The van der Waals surface area contributed by atoms with E-state index in [9.17, 15) is 9.59 Å².